The summed E-state index contributed by atoms with van der Waals surface area (Å²) >= 11 is 0. The predicted octanol–water partition coefficient (Wildman–Crippen LogP) is -0.698. The molecular weight excluding hydrogens is 266 g/mol. The van der Waals surface area contributed by atoms with Crippen LogP contribution in [0.2, 0.25) is 0 Å². The van der Waals surface area contributed by atoms with Gasteiger partial charge in [0.15, 0.2) is 6.04 Å². The van der Waals surface area contributed by atoms with Crippen molar-refractivity contribution in [2.45, 2.75) is 13.0 Å². The molecule has 8 heteroatoms. The average molecular weight is 287 g/mol. The molecule has 1 saturated heterocycles. The first kappa shape index (κ1) is 16.2. The third-order valence-corrected chi connectivity index (χ3v) is 3.14. The minimum absolute atomic E-state index is 0.0275. The maximum atomic E-state index is 12.4. The zero-order valence-corrected chi connectivity index (χ0v) is 12.0. The van der Waals surface area contributed by atoms with Crippen LogP contribution in [-0.2, 0) is 14.3 Å². The van der Waals surface area contributed by atoms with Crippen molar-refractivity contribution in [3.8, 4) is 0 Å². The lowest BCUT2D eigenvalue weighted by molar-refractivity contribution is -0.147. The zero-order valence-electron chi connectivity index (χ0n) is 12.0. The largest absolute Gasteiger partial charge is 0.480 e. The van der Waals surface area contributed by atoms with E-state index in [0.717, 1.165) is 0 Å². The minimum Gasteiger partial charge on any atom is -0.480 e. The van der Waals surface area contributed by atoms with Gasteiger partial charge in [-0.25, -0.2) is 9.59 Å². The molecule has 0 aliphatic carbocycles. The SMILES string of the molecule is CCN(CC(=O)N(C)C)C(=O)N1CCOCC1C(=O)O. The number of amides is 3. The molecule has 1 N–H and O–H groups in total. The molecule has 1 aliphatic heterocycles. The number of likely N-dealkylation sites (N-methyl/N-ethyl adjacent to an activating group) is 2. The van der Waals surface area contributed by atoms with Crippen LogP contribution in [0.3, 0.4) is 0 Å². The Morgan fingerprint density at radius 3 is 2.50 bits per heavy atom. The Hall–Kier alpha value is -1.83. The van der Waals surface area contributed by atoms with Crippen molar-refractivity contribution in [3.05, 3.63) is 0 Å². The summed E-state index contributed by atoms with van der Waals surface area (Å²) in [5, 5.41) is 9.11. The predicted molar refractivity (Wildman–Crippen MR) is 70.3 cm³/mol. The van der Waals surface area contributed by atoms with Crippen LogP contribution >= 0.6 is 0 Å². The smallest absolute Gasteiger partial charge is 0.328 e. The van der Waals surface area contributed by atoms with Crippen molar-refractivity contribution < 1.29 is 24.2 Å². The topological polar surface area (TPSA) is 90.4 Å². The molecule has 0 aromatic heterocycles. The van der Waals surface area contributed by atoms with Gasteiger partial charge in [0.25, 0.3) is 0 Å². The van der Waals surface area contributed by atoms with Gasteiger partial charge in [-0.3, -0.25) is 4.79 Å². The molecule has 0 aromatic rings. The minimum atomic E-state index is -1.10. The van der Waals surface area contributed by atoms with E-state index in [1.165, 1.54) is 14.7 Å². The Balaban J connectivity index is 2.78. The number of carbonyl (C=O) groups is 3. The van der Waals surface area contributed by atoms with Crippen LogP contribution in [0.15, 0.2) is 0 Å². The van der Waals surface area contributed by atoms with Crippen molar-refractivity contribution in [1.29, 1.82) is 0 Å². The van der Waals surface area contributed by atoms with E-state index in [4.69, 9.17) is 9.84 Å². The maximum absolute atomic E-state index is 12.4. The van der Waals surface area contributed by atoms with E-state index in [9.17, 15) is 14.4 Å². The molecule has 1 unspecified atom stereocenters. The van der Waals surface area contributed by atoms with Gasteiger partial charge in [-0.1, -0.05) is 0 Å². The molecule has 0 aromatic carbocycles. The number of rotatable bonds is 4. The quantitative estimate of drug-likeness (QED) is 0.738. The summed E-state index contributed by atoms with van der Waals surface area (Å²) < 4.78 is 5.09. The number of carbonyl (C=O) groups excluding carboxylic acids is 2. The van der Waals surface area contributed by atoms with Gasteiger partial charge < -0.3 is 24.5 Å². The highest BCUT2D eigenvalue weighted by atomic mass is 16.5. The number of ether oxygens (including phenoxy) is 1. The third kappa shape index (κ3) is 3.83. The molecule has 1 aliphatic rings. The lowest BCUT2D eigenvalue weighted by Gasteiger charge is -2.36. The summed E-state index contributed by atoms with van der Waals surface area (Å²) in [6.07, 6.45) is 0. The lowest BCUT2D eigenvalue weighted by atomic mass is 10.2. The highest BCUT2D eigenvalue weighted by molar-refractivity contribution is 5.86. The van der Waals surface area contributed by atoms with Gasteiger partial charge in [-0.15, -0.1) is 0 Å². The number of nitrogens with zero attached hydrogens (tertiary/aromatic N) is 3. The van der Waals surface area contributed by atoms with Crippen LogP contribution in [0.1, 0.15) is 6.92 Å². The van der Waals surface area contributed by atoms with E-state index in [-0.39, 0.29) is 25.6 Å². The van der Waals surface area contributed by atoms with E-state index in [2.05, 4.69) is 0 Å². The van der Waals surface area contributed by atoms with Crippen molar-refractivity contribution in [3.63, 3.8) is 0 Å². The second-order valence-corrected chi connectivity index (χ2v) is 4.71. The number of carboxylic acids is 1. The first-order valence-electron chi connectivity index (χ1n) is 6.44. The van der Waals surface area contributed by atoms with Gasteiger partial charge in [0.05, 0.1) is 13.2 Å². The number of urea groups is 1. The number of aliphatic carboxylic acids is 1. The highest BCUT2D eigenvalue weighted by Crippen LogP contribution is 2.11. The molecule has 1 atom stereocenters. The van der Waals surface area contributed by atoms with Gasteiger partial charge in [0.2, 0.25) is 5.91 Å². The lowest BCUT2D eigenvalue weighted by Crippen LogP contribution is -2.57. The van der Waals surface area contributed by atoms with Crippen molar-refractivity contribution in [1.82, 2.24) is 14.7 Å². The molecule has 3 amide bonds. The molecule has 114 valence electrons. The summed E-state index contributed by atoms with van der Waals surface area (Å²) in [4.78, 5) is 39.2. The van der Waals surface area contributed by atoms with Gasteiger partial charge in [0, 0.05) is 27.2 Å². The number of morpholine rings is 1. The summed E-state index contributed by atoms with van der Waals surface area (Å²) in [5.74, 6) is -1.31. The Morgan fingerprint density at radius 2 is 2.00 bits per heavy atom. The molecule has 0 radical (unpaired) electrons. The summed E-state index contributed by atoms with van der Waals surface area (Å²) in [7, 11) is 3.21. The average Bonchev–Trinajstić information content (AvgIpc) is 2.43. The van der Waals surface area contributed by atoms with E-state index < -0.39 is 18.0 Å². The van der Waals surface area contributed by atoms with Gasteiger partial charge >= 0.3 is 12.0 Å². The van der Waals surface area contributed by atoms with Gasteiger partial charge in [0.1, 0.15) is 6.54 Å². The molecule has 0 spiro atoms. The molecule has 0 bridgehead atoms. The van der Waals surface area contributed by atoms with Crippen LogP contribution in [0.4, 0.5) is 4.79 Å². The Labute approximate surface area is 117 Å². The molecule has 1 fully saturated rings. The molecule has 1 rings (SSSR count). The fraction of sp³-hybridized carbons (Fsp3) is 0.750. The molecule has 8 nitrogen and oxygen atoms in total. The van der Waals surface area contributed by atoms with Gasteiger partial charge in [-0.05, 0) is 6.92 Å². The standard InChI is InChI=1S/C12H21N3O5/c1-4-14(7-10(16)13(2)3)12(19)15-5-6-20-8-9(15)11(17)18/h9H,4-8H2,1-3H3,(H,17,18). The molecular formula is C12H21N3O5. The molecule has 1 heterocycles. The van der Waals surface area contributed by atoms with E-state index in [0.29, 0.717) is 13.2 Å². The monoisotopic (exact) mass is 287 g/mol. The fourth-order valence-corrected chi connectivity index (χ4v) is 1.84. The van der Waals surface area contributed by atoms with Crippen molar-refractivity contribution >= 4 is 17.9 Å². The maximum Gasteiger partial charge on any atom is 0.328 e. The van der Waals surface area contributed by atoms with Crippen LogP contribution in [0.5, 0.6) is 0 Å². The first-order chi connectivity index (χ1) is 9.38. The van der Waals surface area contributed by atoms with Crippen LogP contribution in [-0.4, -0.2) is 90.7 Å². The summed E-state index contributed by atoms with van der Waals surface area (Å²) in [5.41, 5.74) is 0. The number of hydrogen-bond donors (Lipinski definition) is 1. The summed E-state index contributed by atoms with van der Waals surface area (Å²) in [6.45, 7) is 2.50. The third-order valence-electron chi connectivity index (χ3n) is 3.14. The summed E-state index contributed by atoms with van der Waals surface area (Å²) in [6, 6.07) is -1.45. The number of carboxylic acid groups (broad SMARTS) is 1. The Bertz CT molecular complexity index is 385. The normalized spacial score (nSPS) is 18.6. The zero-order chi connectivity index (χ0) is 15.3. The van der Waals surface area contributed by atoms with Crippen molar-refractivity contribution in [2.24, 2.45) is 0 Å². The fourth-order valence-electron chi connectivity index (χ4n) is 1.84. The Kier molecular flexibility index (Phi) is 5.75. The molecule has 0 saturated carbocycles. The van der Waals surface area contributed by atoms with E-state index in [1.807, 2.05) is 0 Å². The van der Waals surface area contributed by atoms with Gasteiger partial charge in [-0.2, -0.15) is 0 Å². The van der Waals surface area contributed by atoms with E-state index in [1.54, 1.807) is 21.0 Å². The second kappa shape index (κ2) is 7.09. The number of hydrogen-bond acceptors (Lipinski definition) is 4. The van der Waals surface area contributed by atoms with Crippen LogP contribution in [0.25, 0.3) is 0 Å². The second-order valence-electron chi connectivity index (χ2n) is 4.71. The van der Waals surface area contributed by atoms with E-state index >= 15 is 0 Å². The van der Waals surface area contributed by atoms with Crippen LogP contribution < -0.4 is 0 Å². The Morgan fingerprint density at radius 1 is 1.35 bits per heavy atom. The van der Waals surface area contributed by atoms with Crippen molar-refractivity contribution in [2.75, 3.05) is 46.9 Å². The van der Waals surface area contributed by atoms with Crippen LogP contribution in [0, 0.1) is 0 Å². The molecule has 20 heavy (non-hydrogen) atoms. The first-order valence-corrected chi connectivity index (χ1v) is 6.44. The highest BCUT2D eigenvalue weighted by Gasteiger charge is 2.35.